The summed E-state index contributed by atoms with van der Waals surface area (Å²) in [6.07, 6.45) is 4.94. The van der Waals surface area contributed by atoms with Gasteiger partial charge in [-0.2, -0.15) is 0 Å². The van der Waals surface area contributed by atoms with Gasteiger partial charge in [-0.15, -0.1) is 0 Å². The molecule has 0 bridgehead atoms. The molecule has 2 aromatic carbocycles. The average Bonchev–Trinajstić information content (AvgIpc) is 3.09. The maximum absolute atomic E-state index is 3.78. The van der Waals surface area contributed by atoms with Crippen LogP contribution in [0.1, 0.15) is 43.7 Å². The van der Waals surface area contributed by atoms with E-state index in [-0.39, 0.29) is 5.41 Å². The molecule has 0 aromatic heterocycles. The van der Waals surface area contributed by atoms with Gasteiger partial charge in [0, 0.05) is 11.5 Å². The summed E-state index contributed by atoms with van der Waals surface area (Å²) in [4.78, 5) is 0. The van der Waals surface area contributed by atoms with Crippen molar-refractivity contribution in [3.63, 3.8) is 0 Å². The fourth-order valence-corrected chi connectivity index (χ4v) is 4.00. The van der Waals surface area contributed by atoms with E-state index < -0.39 is 0 Å². The maximum atomic E-state index is 3.78. The van der Waals surface area contributed by atoms with Crippen LogP contribution in [0.25, 0.3) is 0 Å². The molecule has 110 valence electrons. The van der Waals surface area contributed by atoms with Crippen LogP contribution in [0.3, 0.4) is 0 Å². The van der Waals surface area contributed by atoms with E-state index >= 15 is 0 Å². The Balaban J connectivity index is 2.15. The van der Waals surface area contributed by atoms with Gasteiger partial charge in [0.2, 0.25) is 0 Å². The molecule has 0 saturated carbocycles. The van der Waals surface area contributed by atoms with Gasteiger partial charge in [0.1, 0.15) is 0 Å². The summed E-state index contributed by atoms with van der Waals surface area (Å²) in [5.74, 6) is 0. The molecule has 1 N–H and O–H groups in total. The zero-order chi connectivity index (χ0) is 14.5. The van der Waals surface area contributed by atoms with E-state index in [0.29, 0.717) is 6.04 Å². The van der Waals surface area contributed by atoms with Crippen LogP contribution in [0.15, 0.2) is 60.7 Å². The minimum absolute atomic E-state index is 0.105. The van der Waals surface area contributed by atoms with Crippen molar-refractivity contribution in [3.8, 4) is 0 Å². The summed E-state index contributed by atoms with van der Waals surface area (Å²) in [6, 6.07) is 22.7. The van der Waals surface area contributed by atoms with E-state index in [0.717, 1.165) is 6.54 Å². The molecule has 1 heterocycles. The molecule has 1 heteroatoms. The van der Waals surface area contributed by atoms with E-state index in [1.807, 2.05) is 0 Å². The highest BCUT2D eigenvalue weighted by atomic mass is 15.0. The van der Waals surface area contributed by atoms with Gasteiger partial charge in [-0.05, 0) is 36.9 Å². The number of hydrogen-bond donors (Lipinski definition) is 1. The lowest BCUT2D eigenvalue weighted by Gasteiger charge is -2.40. The van der Waals surface area contributed by atoms with Gasteiger partial charge < -0.3 is 5.32 Å². The lowest BCUT2D eigenvalue weighted by Crippen LogP contribution is -2.46. The molecule has 0 radical (unpaired) electrons. The fraction of sp³-hybridized carbons (Fsp3) is 0.400. The van der Waals surface area contributed by atoms with Gasteiger partial charge in [0.05, 0.1) is 0 Å². The van der Waals surface area contributed by atoms with E-state index in [1.54, 1.807) is 0 Å². The van der Waals surface area contributed by atoms with Crippen molar-refractivity contribution in [2.75, 3.05) is 6.54 Å². The molecule has 1 nitrogen and oxygen atoms in total. The van der Waals surface area contributed by atoms with Gasteiger partial charge in [-0.1, -0.05) is 74.0 Å². The molecule has 1 fully saturated rings. The zero-order valence-electron chi connectivity index (χ0n) is 12.9. The van der Waals surface area contributed by atoms with Crippen LogP contribution >= 0.6 is 0 Å². The first-order valence-corrected chi connectivity index (χ1v) is 8.22. The predicted octanol–water partition coefficient (Wildman–Crippen LogP) is 4.52. The first-order chi connectivity index (χ1) is 10.4. The summed E-state index contributed by atoms with van der Waals surface area (Å²) in [5, 5.41) is 3.78. The monoisotopic (exact) mass is 279 g/mol. The Bertz CT molecular complexity index is 501. The topological polar surface area (TPSA) is 12.0 Å². The Hall–Kier alpha value is -1.60. The van der Waals surface area contributed by atoms with Crippen LogP contribution in [0.2, 0.25) is 0 Å². The molecule has 0 amide bonds. The Morgan fingerprint density at radius 3 is 1.95 bits per heavy atom. The molecule has 1 atom stereocenters. The average molecular weight is 279 g/mol. The SMILES string of the molecule is CCCC(c1ccccc1)(c1ccccc1)C1CCCN1. The third-order valence-corrected chi connectivity index (χ3v) is 4.88. The lowest BCUT2D eigenvalue weighted by atomic mass is 9.66. The predicted molar refractivity (Wildman–Crippen MR) is 89.6 cm³/mol. The summed E-state index contributed by atoms with van der Waals surface area (Å²) in [7, 11) is 0. The Morgan fingerprint density at radius 2 is 1.52 bits per heavy atom. The van der Waals surface area contributed by atoms with Crippen molar-refractivity contribution >= 4 is 0 Å². The summed E-state index contributed by atoms with van der Waals surface area (Å²) < 4.78 is 0. The summed E-state index contributed by atoms with van der Waals surface area (Å²) in [6.45, 7) is 3.45. The third kappa shape index (κ3) is 2.63. The van der Waals surface area contributed by atoms with Crippen LogP contribution in [-0.4, -0.2) is 12.6 Å². The standard InChI is InChI=1S/C20H25N/c1-2-15-20(19-14-9-16-21-19,17-10-5-3-6-11-17)18-12-7-4-8-13-18/h3-8,10-13,19,21H,2,9,14-16H2,1H3. The molecule has 3 rings (SSSR count). The number of nitrogens with one attached hydrogen (secondary N) is 1. The van der Waals surface area contributed by atoms with Crippen molar-refractivity contribution in [2.45, 2.75) is 44.1 Å². The van der Waals surface area contributed by atoms with Crippen LogP contribution in [0.4, 0.5) is 0 Å². The molecule has 21 heavy (non-hydrogen) atoms. The Kier molecular flexibility index (Phi) is 4.40. The summed E-state index contributed by atoms with van der Waals surface area (Å²) in [5.41, 5.74) is 3.02. The van der Waals surface area contributed by atoms with Crippen molar-refractivity contribution in [2.24, 2.45) is 0 Å². The van der Waals surface area contributed by atoms with E-state index in [2.05, 4.69) is 72.9 Å². The Labute approximate surface area is 128 Å². The lowest BCUT2D eigenvalue weighted by molar-refractivity contribution is 0.348. The van der Waals surface area contributed by atoms with Crippen LogP contribution < -0.4 is 5.32 Å². The molecular formula is C20H25N. The highest BCUT2D eigenvalue weighted by Crippen LogP contribution is 2.42. The Morgan fingerprint density at radius 1 is 0.952 bits per heavy atom. The van der Waals surface area contributed by atoms with Gasteiger partial charge in [0.15, 0.2) is 0 Å². The summed E-state index contributed by atoms with van der Waals surface area (Å²) >= 11 is 0. The molecule has 0 spiro atoms. The quantitative estimate of drug-likeness (QED) is 0.848. The van der Waals surface area contributed by atoms with Gasteiger partial charge in [0.25, 0.3) is 0 Å². The second-order valence-corrected chi connectivity index (χ2v) is 6.10. The van der Waals surface area contributed by atoms with Crippen molar-refractivity contribution in [1.29, 1.82) is 0 Å². The highest BCUT2D eigenvalue weighted by Gasteiger charge is 2.42. The first-order valence-electron chi connectivity index (χ1n) is 8.22. The van der Waals surface area contributed by atoms with Crippen LogP contribution in [-0.2, 0) is 5.41 Å². The van der Waals surface area contributed by atoms with Crippen LogP contribution in [0.5, 0.6) is 0 Å². The third-order valence-electron chi connectivity index (χ3n) is 4.88. The smallest absolute Gasteiger partial charge is 0.0355 e. The number of rotatable bonds is 5. The first kappa shape index (κ1) is 14.3. The van der Waals surface area contributed by atoms with Gasteiger partial charge in [-0.25, -0.2) is 0 Å². The maximum Gasteiger partial charge on any atom is 0.0355 e. The largest absolute Gasteiger partial charge is 0.313 e. The second-order valence-electron chi connectivity index (χ2n) is 6.10. The highest BCUT2D eigenvalue weighted by molar-refractivity contribution is 5.42. The molecule has 2 aromatic rings. The second kappa shape index (κ2) is 6.44. The number of hydrogen-bond acceptors (Lipinski definition) is 1. The van der Waals surface area contributed by atoms with Gasteiger partial charge in [-0.3, -0.25) is 0 Å². The zero-order valence-corrected chi connectivity index (χ0v) is 12.9. The van der Waals surface area contributed by atoms with Crippen molar-refractivity contribution in [1.82, 2.24) is 5.32 Å². The van der Waals surface area contributed by atoms with E-state index in [9.17, 15) is 0 Å². The molecular weight excluding hydrogens is 254 g/mol. The van der Waals surface area contributed by atoms with Crippen LogP contribution in [0, 0.1) is 0 Å². The molecule has 1 saturated heterocycles. The molecule has 0 aliphatic carbocycles. The number of benzene rings is 2. The van der Waals surface area contributed by atoms with E-state index in [4.69, 9.17) is 0 Å². The fourth-order valence-electron chi connectivity index (χ4n) is 4.00. The molecule has 1 aliphatic heterocycles. The molecule has 1 aliphatic rings. The minimum Gasteiger partial charge on any atom is -0.313 e. The van der Waals surface area contributed by atoms with Gasteiger partial charge >= 0.3 is 0 Å². The minimum atomic E-state index is 0.105. The normalized spacial score (nSPS) is 18.8. The van der Waals surface area contributed by atoms with Crippen molar-refractivity contribution < 1.29 is 0 Å². The van der Waals surface area contributed by atoms with Crippen molar-refractivity contribution in [3.05, 3.63) is 71.8 Å². The molecule has 1 unspecified atom stereocenters. The van der Waals surface area contributed by atoms with E-state index in [1.165, 1.54) is 36.8 Å².